The van der Waals surface area contributed by atoms with Crippen LogP contribution in [0.2, 0.25) is 0 Å². The van der Waals surface area contributed by atoms with E-state index in [1.165, 1.54) is 6.08 Å². The number of thiophene rings is 1. The first-order valence-corrected chi connectivity index (χ1v) is 6.35. The van der Waals surface area contributed by atoms with Crippen molar-refractivity contribution < 1.29 is 14.3 Å². The molecule has 2 atom stereocenters. The first kappa shape index (κ1) is 10.5. The fraction of sp³-hybridized carbons (Fsp3) is 0.333. The van der Waals surface area contributed by atoms with Crippen molar-refractivity contribution in [3.8, 4) is 0 Å². The lowest BCUT2D eigenvalue weighted by Gasteiger charge is -2.24. The Morgan fingerprint density at radius 1 is 1.59 bits per heavy atom. The Hall–Kier alpha value is -1.62. The second kappa shape index (κ2) is 4.00. The third kappa shape index (κ3) is 1.86. The number of hydrogen-bond acceptors (Lipinski definition) is 4. The van der Waals surface area contributed by atoms with Gasteiger partial charge in [-0.3, -0.25) is 4.79 Å². The number of likely N-dealkylation sites (tertiary alicyclic amines) is 1. The summed E-state index contributed by atoms with van der Waals surface area (Å²) >= 11 is 1.57. The van der Waals surface area contributed by atoms with Crippen molar-refractivity contribution >= 4 is 29.3 Å². The lowest BCUT2D eigenvalue weighted by molar-refractivity contribution is -0.155. The van der Waals surface area contributed by atoms with Gasteiger partial charge in [-0.2, -0.15) is 0 Å². The SMILES string of the molecule is O=C1OC2CC1N(C(=O)/C=C/c1cccs1)C2. The topological polar surface area (TPSA) is 46.6 Å². The largest absolute Gasteiger partial charge is 0.459 e. The van der Waals surface area contributed by atoms with Crippen molar-refractivity contribution in [2.45, 2.75) is 18.6 Å². The van der Waals surface area contributed by atoms with E-state index in [1.807, 2.05) is 17.5 Å². The third-order valence-corrected chi connectivity index (χ3v) is 3.87. The third-order valence-electron chi connectivity index (χ3n) is 3.03. The Morgan fingerprint density at radius 3 is 3.12 bits per heavy atom. The summed E-state index contributed by atoms with van der Waals surface area (Å²) in [6.07, 6.45) is 3.87. The summed E-state index contributed by atoms with van der Waals surface area (Å²) in [5.74, 6) is -0.373. The molecule has 17 heavy (non-hydrogen) atoms. The van der Waals surface area contributed by atoms with E-state index in [1.54, 1.807) is 22.3 Å². The summed E-state index contributed by atoms with van der Waals surface area (Å²) < 4.78 is 5.04. The van der Waals surface area contributed by atoms with Gasteiger partial charge < -0.3 is 9.64 Å². The summed E-state index contributed by atoms with van der Waals surface area (Å²) in [5, 5.41) is 1.96. The highest BCUT2D eigenvalue weighted by Crippen LogP contribution is 2.29. The van der Waals surface area contributed by atoms with Crippen molar-refractivity contribution in [3.63, 3.8) is 0 Å². The maximum Gasteiger partial charge on any atom is 0.329 e. The second-order valence-corrected chi connectivity index (χ2v) is 5.13. The molecule has 1 amide bonds. The number of carbonyl (C=O) groups excluding carboxylic acids is 2. The molecule has 1 aromatic heterocycles. The Balaban J connectivity index is 1.70. The number of rotatable bonds is 2. The molecule has 4 nitrogen and oxygen atoms in total. The van der Waals surface area contributed by atoms with Crippen molar-refractivity contribution in [2.24, 2.45) is 0 Å². The summed E-state index contributed by atoms with van der Waals surface area (Å²) in [5.41, 5.74) is 0. The predicted octanol–water partition coefficient (Wildman–Crippen LogP) is 1.29. The molecular formula is C12H11NO3S. The lowest BCUT2D eigenvalue weighted by atomic mass is 10.2. The monoisotopic (exact) mass is 249 g/mol. The van der Waals surface area contributed by atoms with Crippen LogP contribution in [0.25, 0.3) is 6.08 Å². The minimum atomic E-state index is -0.361. The van der Waals surface area contributed by atoms with Crippen LogP contribution in [-0.2, 0) is 14.3 Å². The molecule has 0 radical (unpaired) electrons. The van der Waals surface area contributed by atoms with E-state index in [2.05, 4.69) is 0 Å². The quantitative estimate of drug-likeness (QED) is 0.586. The summed E-state index contributed by atoms with van der Waals surface area (Å²) in [6, 6.07) is 3.52. The number of amides is 1. The van der Waals surface area contributed by atoms with E-state index >= 15 is 0 Å². The highest BCUT2D eigenvalue weighted by molar-refractivity contribution is 7.10. The van der Waals surface area contributed by atoms with Crippen LogP contribution < -0.4 is 0 Å². The molecule has 0 aliphatic carbocycles. The van der Waals surface area contributed by atoms with E-state index in [4.69, 9.17) is 4.74 Å². The first-order chi connectivity index (χ1) is 8.24. The van der Waals surface area contributed by atoms with Crippen molar-refractivity contribution in [2.75, 3.05) is 6.54 Å². The van der Waals surface area contributed by atoms with Crippen molar-refractivity contribution in [3.05, 3.63) is 28.5 Å². The first-order valence-electron chi connectivity index (χ1n) is 5.47. The Kier molecular flexibility index (Phi) is 2.48. The van der Waals surface area contributed by atoms with E-state index in [0.29, 0.717) is 13.0 Å². The zero-order valence-corrected chi connectivity index (χ0v) is 9.85. The van der Waals surface area contributed by atoms with Crippen LogP contribution in [-0.4, -0.2) is 35.5 Å². The van der Waals surface area contributed by atoms with Gasteiger partial charge in [0, 0.05) is 17.4 Å². The van der Waals surface area contributed by atoms with Crippen molar-refractivity contribution in [1.29, 1.82) is 0 Å². The number of nitrogens with zero attached hydrogens (tertiary/aromatic N) is 1. The average molecular weight is 249 g/mol. The molecule has 2 unspecified atom stereocenters. The molecule has 1 aromatic rings. The van der Waals surface area contributed by atoms with Crippen molar-refractivity contribution in [1.82, 2.24) is 4.90 Å². The molecule has 5 heteroatoms. The molecule has 2 aliphatic rings. The average Bonchev–Trinajstić information content (AvgIpc) is 3.00. The Morgan fingerprint density at radius 2 is 2.47 bits per heavy atom. The van der Waals surface area contributed by atoms with Gasteiger partial charge in [0.15, 0.2) is 0 Å². The molecule has 0 N–H and O–H groups in total. The molecule has 0 spiro atoms. The highest BCUT2D eigenvalue weighted by Gasteiger charge is 2.47. The molecule has 3 heterocycles. The smallest absolute Gasteiger partial charge is 0.329 e. The zero-order valence-electron chi connectivity index (χ0n) is 9.04. The number of esters is 1. The second-order valence-electron chi connectivity index (χ2n) is 4.15. The molecule has 3 rings (SSSR count). The van der Waals surface area contributed by atoms with E-state index in [-0.39, 0.29) is 24.0 Å². The molecule has 0 aromatic carbocycles. The van der Waals surface area contributed by atoms with Crippen LogP contribution in [0.3, 0.4) is 0 Å². The number of ether oxygens (including phenoxy) is 1. The summed E-state index contributed by atoms with van der Waals surface area (Å²) in [7, 11) is 0. The Labute approximate surface area is 102 Å². The standard InChI is InChI=1S/C12H11NO3S/c14-11(4-3-9-2-1-5-17-9)13-7-8-6-10(13)12(15)16-8/h1-5,8,10H,6-7H2/b4-3+. The molecule has 2 saturated heterocycles. The molecule has 2 aliphatic heterocycles. The van der Waals surface area contributed by atoms with Gasteiger partial charge in [0.1, 0.15) is 12.1 Å². The predicted molar refractivity (Wildman–Crippen MR) is 63.4 cm³/mol. The number of carbonyl (C=O) groups is 2. The summed E-state index contributed by atoms with van der Waals surface area (Å²) in [6.45, 7) is 0.532. The fourth-order valence-electron chi connectivity index (χ4n) is 2.23. The van der Waals surface area contributed by atoms with Crippen LogP contribution in [0.1, 0.15) is 11.3 Å². The molecule has 2 bridgehead atoms. The lowest BCUT2D eigenvalue weighted by Crippen LogP contribution is -2.43. The van der Waals surface area contributed by atoms with Crippen LogP contribution in [0.4, 0.5) is 0 Å². The molecule has 88 valence electrons. The zero-order chi connectivity index (χ0) is 11.8. The van der Waals surface area contributed by atoms with Gasteiger partial charge >= 0.3 is 5.97 Å². The van der Waals surface area contributed by atoms with Crippen LogP contribution in [0.15, 0.2) is 23.6 Å². The van der Waals surface area contributed by atoms with Gasteiger partial charge in [0.25, 0.3) is 0 Å². The number of hydrogen-bond donors (Lipinski definition) is 0. The molecule has 0 saturated carbocycles. The van der Waals surface area contributed by atoms with Crippen LogP contribution in [0, 0.1) is 0 Å². The van der Waals surface area contributed by atoms with E-state index in [9.17, 15) is 9.59 Å². The summed E-state index contributed by atoms with van der Waals surface area (Å²) in [4.78, 5) is 25.9. The molecule has 2 fully saturated rings. The normalized spacial score (nSPS) is 26.8. The maximum absolute atomic E-state index is 11.9. The maximum atomic E-state index is 11.9. The number of morpholine rings is 1. The van der Waals surface area contributed by atoms with Gasteiger partial charge in [0.05, 0.1) is 6.54 Å². The van der Waals surface area contributed by atoms with Gasteiger partial charge in [-0.05, 0) is 17.5 Å². The minimum absolute atomic E-state index is 0.0911. The van der Waals surface area contributed by atoms with E-state index in [0.717, 1.165) is 4.88 Å². The van der Waals surface area contributed by atoms with Gasteiger partial charge in [0.2, 0.25) is 5.91 Å². The minimum Gasteiger partial charge on any atom is -0.459 e. The molecular weight excluding hydrogens is 238 g/mol. The Bertz CT molecular complexity index is 480. The van der Waals surface area contributed by atoms with Gasteiger partial charge in [-0.1, -0.05) is 6.07 Å². The number of fused-ring (bicyclic) bond motifs is 2. The van der Waals surface area contributed by atoms with Gasteiger partial charge in [-0.15, -0.1) is 11.3 Å². The fourth-order valence-corrected chi connectivity index (χ4v) is 2.85. The van der Waals surface area contributed by atoms with Crippen LogP contribution >= 0.6 is 11.3 Å². The van der Waals surface area contributed by atoms with E-state index < -0.39 is 0 Å². The highest BCUT2D eigenvalue weighted by atomic mass is 32.1. The van der Waals surface area contributed by atoms with Gasteiger partial charge in [-0.25, -0.2) is 4.79 Å². The van der Waals surface area contributed by atoms with Crippen LogP contribution in [0.5, 0.6) is 0 Å².